The Morgan fingerprint density at radius 2 is 2.00 bits per heavy atom. The van der Waals surface area contributed by atoms with Crippen molar-refractivity contribution in [2.45, 2.75) is 38.3 Å². The average molecular weight is 418 g/mol. The van der Waals surface area contributed by atoms with Gasteiger partial charge in [-0.3, -0.25) is 14.9 Å². The van der Waals surface area contributed by atoms with Crippen LogP contribution in [0.1, 0.15) is 47.6 Å². The minimum atomic E-state index is -3.24. The smallest absolute Gasteiger partial charge is 0.282 e. The molecule has 1 aliphatic carbocycles. The van der Waals surface area contributed by atoms with Gasteiger partial charge in [0.1, 0.15) is 17.1 Å². The number of nitrogens with zero attached hydrogens (tertiary/aromatic N) is 2. The molecule has 2 heterocycles. The lowest BCUT2D eigenvalue weighted by Gasteiger charge is -2.27. The van der Waals surface area contributed by atoms with E-state index in [1.807, 2.05) is 6.07 Å². The van der Waals surface area contributed by atoms with E-state index in [-0.39, 0.29) is 29.3 Å². The van der Waals surface area contributed by atoms with E-state index in [4.69, 9.17) is 4.42 Å². The number of rotatable bonds is 6. The Kier molecular flexibility index (Phi) is 4.94. The Labute approximate surface area is 168 Å². The molecule has 0 spiro atoms. The fourth-order valence-electron chi connectivity index (χ4n) is 3.92. The molecular weight excluding hydrogens is 396 g/mol. The highest BCUT2D eigenvalue weighted by Gasteiger charge is 2.39. The lowest BCUT2D eigenvalue weighted by molar-refractivity contribution is -0.385. The number of hydrogen-bond donors (Lipinski definition) is 0. The maximum Gasteiger partial charge on any atom is 0.282 e. The molecular formula is C20H22N2O6S. The van der Waals surface area contributed by atoms with E-state index >= 15 is 0 Å². The molecule has 1 aromatic carbocycles. The van der Waals surface area contributed by atoms with Crippen molar-refractivity contribution in [1.29, 1.82) is 0 Å². The molecule has 9 heteroatoms. The Morgan fingerprint density at radius 3 is 2.62 bits per heavy atom. The summed E-state index contributed by atoms with van der Waals surface area (Å²) in [4.78, 5) is 25.4. The van der Waals surface area contributed by atoms with E-state index < -0.39 is 26.7 Å². The molecule has 3 unspecified atom stereocenters. The molecule has 2 fully saturated rings. The molecule has 1 amide bonds. The fourth-order valence-corrected chi connectivity index (χ4v) is 5.65. The Morgan fingerprint density at radius 1 is 1.28 bits per heavy atom. The van der Waals surface area contributed by atoms with Crippen LogP contribution in [-0.2, 0) is 16.4 Å². The van der Waals surface area contributed by atoms with Crippen molar-refractivity contribution in [2.24, 2.45) is 5.92 Å². The van der Waals surface area contributed by atoms with Gasteiger partial charge in [0.2, 0.25) is 0 Å². The van der Waals surface area contributed by atoms with E-state index in [2.05, 4.69) is 6.92 Å². The van der Waals surface area contributed by atoms with E-state index in [0.717, 1.165) is 12.2 Å². The maximum absolute atomic E-state index is 13.3. The summed E-state index contributed by atoms with van der Waals surface area (Å²) >= 11 is 0. The second-order valence-electron chi connectivity index (χ2n) is 7.89. The lowest BCUT2D eigenvalue weighted by atomic mass is 10.1. The third-order valence-corrected chi connectivity index (χ3v) is 7.48. The van der Waals surface area contributed by atoms with Crippen LogP contribution in [0, 0.1) is 16.0 Å². The molecule has 0 bridgehead atoms. The molecule has 0 N–H and O–H groups in total. The summed E-state index contributed by atoms with van der Waals surface area (Å²) in [6, 6.07) is 8.87. The van der Waals surface area contributed by atoms with Gasteiger partial charge in [0.15, 0.2) is 9.84 Å². The molecule has 154 valence electrons. The van der Waals surface area contributed by atoms with Crippen LogP contribution in [0.15, 0.2) is 40.8 Å². The quantitative estimate of drug-likeness (QED) is 0.526. The van der Waals surface area contributed by atoms with Crippen molar-refractivity contribution >= 4 is 21.4 Å². The topological polar surface area (TPSA) is 111 Å². The third kappa shape index (κ3) is 4.05. The molecule has 29 heavy (non-hydrogen) atoms. The van der Waals surface area contributed by atoms with Gasteiger partial charge in [-0.05, 0) is 37.0 Å². The highest BCUT2D eigenvalue weighted by Crippen LogP contribution is 2.47. The van der Waals surface area contributed by atoms with Crippen LogP contribution < -0.4 is 0 Å². The van der Waals surface area contributed by atoms with Crippen molar-refractivity contribution < 1.29 is 22.6 Å². The number of nitro benzene ring substituents is 1. The van der Waals surface area contributed by atoms with Crippen LogP contribution in [0.25, 0.3) is 0 Å². The van der Waals surface area contributed by atoms with Crippen molar-refractivity contribution in [3.63, 3.8) is 0 Å². The van der Waals surface area contributed by atoms with Crippen LogP contribution >= 0.6 is 0 Å². The molecule has 8 nitrogen and oxygen atoms in total. The number of sulfone groups is 1. The van der Waals surface area contributed by atoms with Crippen molar-refractivity contribution in [1.82, 2.24) is 4.90 Å². The predicted octanol–water partition coefficient (Wildman–Crippen LogP) is 3.14. The number of carbonyl (C=O) groups is 1. The summed E-state index contributed by atoms with van der Waals surface area (Å²) in [6.07, 6.45) is 1.37. The number of hydrogen-bond acceptors (Lipinski definition) is 6. The van der Waals surface area contributed by atoms with Gasteiger partial charge in [0.05, 0.1) is 23.0 Å². The van der Waals surface area contributed by atoms with Crippen molar-refractivity contribution in [2.75, 3.05) is 11.5 Å². The normalized spacial score (nSPS) is 24.9. The predicted molar refractivity (Wildman–Crippen MR) is 105 cm³/mol. The molecule has 2 aliphatic rings. The van der Waals surface area contributed by atoms with Gasteiger partial charge >= 0.3 is 0 Å². The lowest BCUT2D eigenvalue weighted by Crippen LogP contribution is -2.40. The van der Waals surface area contributed by atoms with E-state index in [9.17, 15) is 23.3 Å². The standard InChI is InChI=1S/C20H22N2O6S/c1-13-10-17(13)19-7-6-15(28-19)11-21(14-8-9-29(26,27)12-14)20(23)16-4-2-3-5-18(16)22(24)25/h2-7,13-14,17H,8-12H2,1H3. The zero-order valence-corrected chi connectivity index (χ0v) is 16.8. The minimum absolute atomic E-state index is 0.00131. The SMILES string of the molecule is CC1CC1c1ccc(CN(C(=O)c2ccccc2[N+](=O)[O-])C2CCS(=O)(=O)C2)o1. The molecule has 1 saturated carbocycles. The largest absolute Gasteiger partial charge is 0.464 e. The van der Waals surface area contributed by atoms with Crippen LogP contribution in [0.5, 0.6) is 0 Å². The Balaban J connectivity index is 1.64. The first-order valence-electron chi connectivity index (χ1n) is 9.58. The molecule has 3 atom stereocenters. The minimum Gasteiger partial charge on any atom is -0.464 e. The molecule has 1 aromatic heterocycles. The van der Waals surface area contributed by atoms with E-state index in [0.29, 0.717) is 24.0 Å². The van der Waals surface area contributed by atoms with Crippen molar-refractivity contribution in [3.05, 3.63) is 63.6 Å². The van der Waals surface area contributed by atoms with Gasteiger partial charge in [0, 0.05) is 18.0 Å². The van der Waals surface area contributed by atoms with Crippen LogP contribution in [0.2, 0.25) is 0 Å². The second kappa shape index (κ2) is 7.29. The Hall–Kier alpha value is -2.68. The molecule has 2 aromatic rings. The second-order valence-corrected chi connectivity index (χ2v) is 10.1. The molecule has 0 radical (unpaired) electrons. The average Bonchev–Trinajstić information content (AvgIpc) is 3.07. The van der Waals surface area contributed by atoms with Crippen LogP contribution in [0.3, 0.4) is 0 Å². The number of nitro groups is 1. The van der Waals surface area contributed by atoms with Crippen LogP contribution in [0.4, 0.5) is 5.69 Å². The first-order valence-corrected chi connectivity index (χ1v) is 11.4. The number of furan rings is 1. The highest BCUT2D eigenvalue weighted by molar-refractivity contribution is 7.91. The molecule has 4 rings (SSSR count). The van der Waals surface area contributed by atoms with E-state index in [1.165, 1.54) is 23.1 Å². The number of para-hydroxylation sites is 1. The van der Waals surface area contributed by atoms with E-state index in [1.54, 1.807) is 12.1 Å². The summed E-state index contributed by atoms with van der Waals surface area (Å²) < 4.78 is 29.9. The summed E-state index contributed by atoms with van der Waals surface area (Å²) in [6.45, 7) is 2.22. The summed E-state index contributed by atoms with van der Waals surface area (Å²) in [5.41, 5.74) is -0.348. The van der Waals surface area contributed by atoms with Gasteiger partial charge in [-0.15, -0.1) is 0 Å². The van der Waals surface area contributed by atoms with Gasteiger partial charge in [-0.2, -0.15) is 0 Å². The van der Waals surface area contributed by atoms with Gasteiger partial charge < -0.3 is 9.32 Å². The first kappa shape index (κ1) is 19.6. The Bertz CT molecular complexity index is 1060. The monoisotopic (exact) mass is 418 g/mol. The summed E-state index contributed by atoms with van der Waals surface area (Å²) in [7, 11) is -3.24. The number of amides is 1. The fraction of sp³-hybridized carbons (Fsp3) is 0.450. The zero-order valence-electron chi connectivity index (χ0n) is 16.0. The molecule has 1 aliphatic heterocycles. The van der Waals surface area contributed by atoms with Crippen LogP contribution in [-0.4, -0.2) is 41.7 Å². The third-order valence-electron chi connectivity index (χ3n) is 5.72. The summed E-state index contributed by atoms with van der Waals surface area (Å²) in [5, 5.41) is 11.4. The molecule has 1 saturated heterocycles. The number of benzene rings is 1. The van der Waals surface area contributed by atoms with Gasteiger partial charge in [-0.1, -0.05) is 19.1 Å². The first-order chi connectivity index (χ1) is 13.7. The number of carbonyl (C=O) groups excluding carboxylic acids is 1. The summed E-state index contributed by atoms with van der Waals surface area (Å²) in [5.74, 6) is 1.67. The van der Waals surface area contributed by atoms with Gasteiger partial charge in [-0.25, -0.2) is 8.42 Å². The maximum atomic E-state index is 13.3. The zero-order chi connectivity index (χ0) is 20.8. The van der Waals surface area contributed by atoms with Crippen molar-refractivity contribution in [3.8, 4) is 0 Å². The van der Waals surface area contributed by atoms with Gasteiger partial charge in [0.25, 0.3) is 11.6 Å². The highest BCUT2D eigenvalue weighted by atomic mass is 32.2.